The van der Waals surface area contributed by atoms with E-state index in [-0.39, 0.29) is 12.4 Å². The Labute approximate surface area is 124 Å². The van der Waals surface area contributed by atoms with Crippen molar-refractivity contribution >= 4 is 15.9 Å². The largest absolute Gasteiger partial charge is 0.495 e. The first-order valence-corrected chi connectivity index (χ1v) is 6.58. The van der Waals surface area contributed by atoms with Gasteiger partial charge in [-0.1, -0.05) is 22.0 Å². The topological polar surface area (TPSA) is 42.2 Å². The van der Waals surface area contributed by atoms with Crippen molar-refractivity contribution in [1.82, 2.24) is 0 Å². The van der Waals surface area contributed by atoms with Gasteiger partial charge in [-0.05, 0) is 35.9 Å². The molecule has 0 aromatic heterocycles. The first-order valence-electron chi connectivity index (χ1n) is 5.79. The van der Waals surface area contributed by atoms with Crippen LogP contribution < -0.4 is 9.47 Å². The summed E-state index contributed by atoms with van der Waals surface area (Å²) in [4.78, 5) is 0. The maximum atomic E-state index is 13.6. The maximum Gasteiger partial charge on any atom is 0.166 e. The Morgan fingerprint density at radius 3 is 2.65 bits per heavy atom. The lowest BCUT2D eigenvalue weighted by molar-refractivity contribution is 0.289. The van der Waals surface area contributed by atoms with Crippen LogP contribution in [0.2, 0.25) is 0 Å². The van der Waals surface area contributed by atoms with Crippen LogP contribution in [0.25, 0.3) is 0 Å². The van der Waals surface area contributed by atoms with Gasteiger partial charge in [-0.3, -0.25) is 0 Å². The van der Waals surface area contributed by atoms with Crippen LogP contribution in [0.3, 0.4) is 0 Å². The summed E-state index contributed by atoms with van der Waals surface area (Å²) >= 11 is 3.18. The lowest BCUT2D eigenvalue weighted by atomic mass is 10.1. The minimum Gasteiger partial charge on any atom is -0.495 e. The molecule has 0 radical (unpaired) electrons. The summed E-state index contributed by atoms with van der Waals surface area (Å²) in [6.07, 6.45) is 0. The molecule has 0 amide bonds. The number of nitriles is 1. The maximum absolute atomic E-state index is 13.6. The Bertz CT molecular complexity index is 667. The number of halogens is 2. The molecule has 2 aromatic carbocycles. The molecule has 0 aliphatic rings. The number of hydrogen-bond acceptors (Lipinski definition) is 3. The predicted octanol–water partition coefficient (Wildman–Crippen LogP) is 4.05. The number of nitrogens with zero attached hydrogens (tertiary/aromatic N) is 1. The first kappa shape index (κ1) is 14.4. The monoisotopic (exact) mass is 335 g/mol. The van der Waals surface area contributed by atoms with E-state index in [9.17, 15) is 4.39 Å². The van der Waals surface area contributed by atoms with Crippen LogP contribution in [0.5, 0.6) is 11.5 Å². The Morgan fingerprint density at radius 1 is 1.20 bits per heavy atom. The number of rotatable bonds is 4. The third kappa shape index (κ3) is 3.28. The van der Waals surface area contributed by atoms with Crippen molar-refractivity contribution in [2.24, 2.45) is 0 Å². The molecule has 2 aromatic rings. The summed E-state index contributed by atoms with van der Waals surface area (Å²) in [5, 5.41) is 8.90. The van der Waals surface area contributed by atoms with E-state index in [4.69, 9.17) is 14.7 Å². The summed E-state index contributed by atoms with van der Waals surface area (Å²) in [6.45, 7) is 0.195. The molecule has 0 heterocycles. The summed E-state index contributed by atoms with van der Waals surface area (Å²) in [5.41, 5.74) is 1.24. The number of hydrogen-bond donors (Lipinski definition) is 0. The van der Waals surface area contributed by atoms with Crippen LogP contribution in [0.15, 0.2) is 40.9 Å². The molecular formula is C15H11BrFNO2. The second-order valence-electron chi connectivity index (χ2n) is 4.01. The van der Waals surface area contributed by atoms with Gasteiger partial charge in [0.25, 0.3) is 0 Å². The molecule has 0 saturated heterocycles. The summed E-state index contributed by atoms with van der Waals surface area (Å²) in [6, 6.07) is 11.7. The van der Waals surface area contributed by atoms with Gasteiger partial charge in [-0.2, -0.15) is 5.26 Å². The smallest absolute Gasteiger partial charge is 0.166 e. The van der Waals surface area contributed by atoms with E-state index in [0.29, 0.717) is 15.8 Å². The van der Waals surface area contributed by atoms with Crippen LogP contribution >= 0.6 is 15.9 Å². The van der Waals surface area contributed by atoms with Crippen molar-refractivity contribution in [1.29, 1.82) is 5.26 Å². The summed E-state index contributed by atoms with van der Waals surface area (Å²) < 4.78 is 24.8. The zero-order chi connectivity index (χ0) is 14.5. The van der Waals surface area contributed by atoms with Gasteiger partial charge < -0.3 is 9.47 Å². The number of methoxy groups -OCH3 is 1. The Morgan fingerprint density at radius 2 is 2.00 bits per heavy atom. The highest BCUT2D eigenvalue weighted by molar-refractivity contribution is 9.10. The zero-order valence-electron chi connectivity index (χ0n) is 10.7. The molecule has 0 unspecified atom stereocenters. The molecule has 0 aliphatic carbocycles. The fraction of sp³-hybridized carbons (Fsp3) is 0.133. The average molecular weight is 336 g/mol. The van der Waals surface area contributed by atoms with Crippen molar-refractivity contribution in [3.8, 4) is 17.6 Å². The van der Waals surface area contributed by atoms with Gasteiger partial charge >= 0.3 is 0 Å². The van der Waals surface area contributed by atoms with Crippen molar-refractivity contribution in [2.75, 3.05) is 7.11 Å². The van der Waals surface area contributed by atoms with E-state index in [0.717, 1.165) is 5.56 Å². The van der Waals surface area contributed by atoms with E-state index >= 15 is 0 Å². The third-order valence-corrected chi connectivity index (χ3v) is 3.17. The SMILES string of the molecule is COc1cc(COc2ccc(Br)cc2F)ccc1C#N. The highest BCUT2D eigenvalue weighted by atomic mass is 79.9. The molecule has 0 atom stereocenters. The highest BCUT2D eigenvalue weighted by Gasteiger charge is 2.07. The van der Waals surface area contributed by atoms with E-state index in [2.05, 4.69) is 15.9 Å². The zero-order valence-corrected chi connectivity index (χ0v) is 12.3. The lowest BCUT2D eigenvalue weighted by Gasteiger charge is -2.09. The Hall–Kier alpha value is -2.06. The summed E-state index contributed by atoms with van der Waals surface area (Å²) in [7, 11) is 1.50. The van der Waals surface area contributed by atoms with Gasteiger partial charge in [-0.25, -0.2) is 4.39 Å². The third-order valence-electron chi connectivity index (χ3n) is 2.67. The van der Waals surface area contributed by atoms with Crippen LogP contribution in [0, 0.1) is 17.1 Å². The molecule has 2 rings (SSSR count). The van der Waals surface area contributed by atoms with Gasteiger partial charge in [0.2, 0.25) is 0 Å². The van der Waals surface area contributed by atoms with Gasteiger partial charge in [0.05, 0.1) is 12.7 Å². The van der Waals surface area contributed by atoms with E-state index in [1.54, 1.807) is 30.3 Å². The minimum atomic E-state index is -0.431. The quantitative estimate of drug-likeness (QED) is 0.846. The average Bonchev–Trinajstić information content (AvgIpc) is 2.46. The van der Waals surface area contributed by atoms with E-state index < -0.39 is 5.82 Å². The van der Waals surface area contributed by atoms with Crippen molar-refractivity contribution in [3.05, 3.63) is 57.8 Å². The van der Waals surface area contributed by atoms with Crippen molar-refractivity contribution < 1.29 is 13.9 Å². The molecule has 0 aliphatic heterocycles. The lowest BCUT2D eigenvalue weighted by Crippen LogP contribution is -1.99. The van der Waals surface area contributed by atoms with Gasteiger partial charge in [0, 0.05) is 4.47 Å². The molecular weight excluding hydrogens is 325 g/mol. The second kappa shape index (κ2) is 6.40. The number of ether oxygens (including phenoxy) is 2. The van der Waals surface area contributed by atoms with Gasteiger partial charge in [-0.15, -0.1) is 0 Å². The molecule has 0 saturated carbocycles. The normalized spacial score (nSPS) is 9.90. The number of benzene rings is 2. The van der Waals surface area contributed by atoms with Crippen LogP contribution in [0.1, 0.15) is 11.1 Å². The Balaban J connectivity index is 2.13. The van der Waals surface area contributed by atoms with E-state index in [1.807, 2.05) is 6.07 Å². The van der Waals surface area contributed by atoms with Gasteiger partial charge in [0.15, 0.2) is 11.6 Å². The fourth-order valence-electron chi connectivity index (χ4n) is 1.67. The predicted molar refractivity (Wildman–Crippen MR) is 76.1 cm³/mol. The molecule has 102 valence electrons. The van der Waals surface area contributed by atoms with Crippen molar-refractivity contribution in [3.63, 3.8) is 0 Å². The van der Waals surface area contributed by atoms with Crippen LogP contribution in [-0.4, -0.2) is 7.11 Å². The molecule has 0 spiro atoms. The molecule has 20 heavy (non-hydrogen) atoms. The Kier molecular flexibility index (Phi) is 4.59. The molecule has 0 bridgehead atoms. The van der Waals surface area contributed by atoms with Crippen LogP contribution in [0.4, 0.5) is 4.39 Å². The molecule has 3 nitrogen and oxygen atoms in total. The van der Waals surface area contributed by atoms with Crippen LogP contribution in [-0.2, 0) is 6.61 Å². The first-order chi connectivity index (χ1) is 9.63. The van der Waals surface area contributed by atoms with E-state index in [1.165, 1.54) is 13.2 Å². The molecule has 0 N–H and O–H groups in total. The fourth-order valence-corrected chi connectivity index (χ4v) is 2.00. The summed E-state index contributed by atoms with van der Waals surface area (Å²) in [5.74, 6) is 0.224. The molecule has 0 fully saturated rings. The highest BCUT2D eigenvalue weighted by Crippen LogP contribution is 2.24. The minimum absolute atomic E-state index is 0.177. The van der Waals surface area contributed by atoms with Crippen molar-refractivity contribution in [2.45, 2.75) is 6.61 Å². The standard InChI is InChI=1S/C15H11BrFNO2/c1-19-15-6-10(2-3-11(15)8-18)9-20-14-5-4-12(16)7-13(14)17/h2-7H,9H2,1H3. The second-order valence-corrected chi connectivity index (χ2v) is 4.93. The van der Waals surface area contributed by atoms with Gasteiger partial charge in [0.1, 0.15) is 18.4 Å². The molecule has 5 heteroatoms.